The molecule has 0 saturated carbocycles. The number of rotatable bonds is 7. The van der Waals surface area contributed by atoms with E-state index in [2.05, 4.69) is 29.4 Å². The van der Waals surface area contributed by atoms with Crippen LogP contribution in [-0.2, 0) is 0 Å². The highest BCUT2D eigenvalue weighted by molar-refractivity contribution is 6.30. The summed E-state index contributed by atoms with van der Waals surface area (Å²) in [4.78, 5) is 14.3. The van der Waals surface area contributed by atoms with E-state index < -0.39 is 6.23 Å². The summed E-state index contributed by atoms with van der Waals surface area (Å²) in [7, 11) is 0. The average molecular weight is 362 g/mol. The van der Waals surface area contributed by atoms with Crippen LogP contribution in [0.15, 0.2) is 48.5 Å². The second-order valence-corrected chi connectivity index (χ2v) is 5.97. The lowest BCUT2D eigenvalue weighted by Crippen LogP contribution is -2.39. The summed E-state index contributed by atoms with van der Waals surface area (Å²) in [6.45, 7) is 7.89. The topological polar surface area (TPSA) is 53.6 Å². The van der Waals surface area contributed by atoms with Crippen LogP contribution in [0.2, 0.25) is 5.02 Å². The van der Waals surface area contributed by atoms with E-state index in [9.17, 15) is 4.79 Å². The Kier molecular flexibility index (Phi) is 6.95. The van der Waals surface area contributed by atoms with E-state index in [4.69, 9.17) is 16.3 Å². The lowest BCUT2D eigenvalue weighted by Gasteiger charge is -2.21. The van der Waals surface area contributed by atoms with E-state index in [1.54, 1.807) is 31.2 Å². The molecule has 0 radical (unpaired) electrons. The maximum absolute atomic E-state index is 12.1. The van der Waals surface area contributed by atoms with Gasteiger partial charge in [0.25, 0.3) is 0 Å². The van der Waals surface area contributed by atoms with Gasteiger partial charge in [0.15, 0.2) is 6.23 Å². The molecule has 2 N–H and O–H groups in total. The van der Waals surface area contributed by atoms with E-state index in [1.807, 2.05) is 24.3 Å². The van der Waals surface area contributed by atoms with Crippen molar-refractivity contribution in [3.05, 3.63) is 53.6 Å². The van der Waals surface area contributed by atoms with Crippen molar-refractivity contribution in [1.82, 2.24) is 5.32 Å². The predicted octanol–water partition coefficient (Wildman–Crippen LogP) is 4.73. The molecule has 1 unspecified atom stereocenters. The van der Waals surface area contributed by atoms with Crippen molar-refractivity contribution in [3.8, 4) is 5.75 Å². The zero-order valence-electron chi connectivity index (χ0n) is 14.8. The lowest BCUT2D eigenvalue weighted by molar-refractivity contribution is 0.183. The van der Waals surface area contributed by atoms with Crippen LogP contribution in [0.5, 0.6) is 5.75 Å². The standard InChI is InChI=1S/C19H24ClN3O2/c1-4-23(5-2)17-10-8-16(9-11-17)22-19(24)21-14(3)25-18-12-6-15(20)7-13-18/h6-14H,4-5H2,1-3H3,(H2,21,22,24). The molecule has 2 aromatic carbocycles. The van der Waals surface area contributed by atoms with Gasteiger partial charge in [-0.05, 0) is 69.3 Å². The summed E-state index contributed by atoms with van der Waals surface area (Å²) in [6, 6.07) is 14.4. The van der Waals surface area contributed by atoms with Gasteiger partial charge in [0.2, 0.25) is 0 Å². The summed E-state index contributed by atoms with van der Waals surface area (Å²) < 4.78 is 5.62. The number of carbonyl (C=O) groups excluding carboxylic acids is 1. The van der Waals surface area contributed by atoms with Gasteiger partial charge in [-0.3, -0.25) is 0 Å². The Morgan fingerprint density at radius 1 is 1.08 bits per heavy atom. The molecule has 1 atom stereocenters. The number of halogens is 1. The summed E-state index contributed by atoms with van der Waals surface area (Å²) in [5.74, 6) is 0.640. The molecule has 134 valence electrons. The van der Waals surface area contributed by atoms with Gasteiger partial charge in [0, 0.05) is 29.5 Å². The molecule has 25 heavy (non-hydrogen) atoms. The second kappa shape index (κ2) is 9.18. The Hall–Kier alpha value is -2.40. The number of nitrogens with zero attached hydrogens (tertiary/aromatic N) is 1. The van der Waals surface area contributed by atoms with Gasteiger partial charge in [-0.25, -0.2) is 4.79 Å². The van der Waals surface area contributed by atoms with Crippen molar-refractivity contribution in [1.29, 1.82) is 0 Å². The molecule has 0 aromatic heterocycles. The van der Waals surface area contributed by atoms with Gasteiger partial charge in [-0.1, -0.05) is 11.6 Å². The number of ether oxygens (including phenoxy) is 1. The molecule has 0 aliphatic heterocycles. The summed E-state index contributed by atoms with van der Waals surface area (Å²) in [5, 5.41) is 6.17. The molecule has 0 aliphatic rings. The summed E-state index contributed by atoms with van der Waals surface area (Å²) >= 11 is 5.83. The average Bonchev–Trinajstić information content (AvgIpc) is 2.59. The predicted molar refractivity (Wildman–Crippen MR) is 104 cm³/mol. The Bertz CT molecular complexity index is 670. The van der Waals surface area contributed by atoms with Crippen LogP contribution in [0.3, 0.4) is 0 Å². The number of nitrogens with one attached hydrogen (secondary N) is 2. The van der Waals surface area contributed by atoms with Crippen molar-refractivity contribution in [3.63, 3.8) is 0 Å². The number of carbonyl (C=O) groups is 1. The van der Waals surface area contributed by atoms with Gasteiger partial charge in [-0.15, -0.1) is 0 Å². The Labute approximate surface area is 153 Å². The van der Waals surface area contributed by atoms with Crippen molar-refractivity contribution >= 4 is 29.0 Å². The summed E-state index contributed by atoms with van der Waals surface area (Å²) in [5.41, 5.74) is 1.86. The van der Waals surface area contributed by atoms with Crippen molar-refractivity contribution in [2.45, 2.75) is 27.0 Å². The molecular formula is C19H24ClN3O2. The van der Waals surface area contributed by atoms with E-state index in [1.165, 1.54) is 0 Å². The SMILES string of the molecule is CCN(CC)c1ccc(NC(=O)NC(C)Oc2ccc(Cl)cc2)cc1. The van der Waals surface area contributed by atoms with E-state index in [0.29, 0.717) is 10.8 Å². The highest BCUT2D eigenvalue weighted by Gasteiger charge is 2.09. The number of hydrogen-bond acceptors (Lipinski definition) is 3. The molecule has 2 aromatic rings. The fourth-order valence-corrected chi connectivity index (χ4v) is 2.57. The van der Waals surface area contributed by atoms with Crippen LogP contribution >= 0.6 is 11.6 Å². The first-order valence-corrected chi connectivity index (χ1v) is 8.74. The molecule has 6 heteroatoms. The van der Waals surface area contributed by atoms with Gasteiger partial charge >= 0.3 is 6.03 Å². The molecular weight excluding hydrogens is 338 g/mol. The van der Waals surface area contributed by atoms with Crippen molar-refractivity contribution in [2.75, 3.05) is 23.3 Å². The highest BCUT2D eigenvalue weighted by atomic mass is 35.5. The zero-order valence-corrected chi connectivity index (χ0v) is 15.5. The van der Waals surface area contributed by atoms with Crippen LogP contribution in [0.1, 0.15) is 20.8 Å². The first-order chi connectivity index (χ1) is 12.0. The normalized spacial score (nSPS) is 11.5. The molecule has 0 heterocycles. The molecule has 0 saturated heterocycles. The lowest BCUT2D eigenvalue weighted by atomic mass is 10.2. The Morgan fingerprint density at radius 2 is 1.68 bits per heavy atom. The second-order valence-electron chi connectivity index (χ2n) is 5.53. The molecule has 0 aliphatic carbocycles. The van der Waals surface area contributed by atoms with E-state index >= 15 is 0 Å². The first kappa shape index (κ1) is 18.9. The maximum Gasteiger partial charge on any atom is 0.322 e. The number of anilines is 2. The maximum atomic E-state index is 12.1. The van der Waals surface area contributed by atoms with E-state index in [0.717, 1.165) is 24.5 Å². The van der Waals surface area contributed by atoms with Crippen LogP contribution in [-0.4, -0.2) is 25.3 Å². The van der Waals surface area contributed by atoms with E-state index in [-0.39, 0.29) is 6.03 Å². The molecule has 2 rings (SSSR count). The fraction of sp³-hybridized carbons (Fsp3) is 0.316. The van der Waals surface area contributed by atoms with Gasteiger partial charge in [-0.2, -0.15) is 0 Å². The minimum atomic E-state index is -0.476. The molecule has 0 bridgehead atoms. The Morgan fingerprint density at radius 3 is 2.24 bits per heavy atom. The van der Waals surface area contributed by atoms with Gasteiger partial charge < -0.3 is 20.3 Å². The van der Waals surface area contributed by atoms with Crippen LogP contribution in [0.4, 0.5) is 16.2 Å². The highest BCUT2D eigenvalue weighted by Crippen LogP contribution is 2.18. The third-order valence-electron chi connectivity index (χ3n) is 3.71. The molecule has 0 fully saturated rings. The zero-order chi connectivity index (χ0) is 18.2. The minimum absolute atomic E-state index is 0.322. The quantitative estimate of drug-likeness (QED) is 0.701. The van der Waals surface area contributed by atoms with Crippen molar-refractivity contribution < 1.29 is 9.53 Å². The molecule has 0 spiro atoms. The number of urea groups is 1. The molecule has 2 amide bonds. The minimum Gasteiger partial charge on any atom is -0.471 e. The van der Waals surface area contributed by atoms with Crippen LogP contribution in [0, 0.1) is 0 Å². The van der Waals surface area contributed by atoms with Gasteiger partial charge in [0.1, 0.15) is 5.75 Å². The number of amides is 2. The number of hydrogen-bond donors (Lipinski definition) is 2. The third-order valence-corrected chi connectivity index (χ3v) is 3.97. The molecule has 5 nitrogen and oxygen atoms in total. The van der Waals surface area contributed by atoms with Gasteiger partial charge in [0.05, 0.1) is 0 Å². The largest absolute Gasteiger partial charge is 0.471 e. The first-order valence-electron chi connectivity index (χ1n) is 8.36. The van der Waals surface area contributed by atoms with Crippen molar-refractivity contribution in [2.24, 2.45) is 0 Å². The number of benzene rings is 2. The van der Waals surface area contributed by atoms with Crippen LogP contribution < -0.4 is 20.3 Å². The van der Waals surface area contributed by atoms with Crippen LogP contribution in [0.25, 0.3) is 0 Å². The smallest absolute Gasteiger partial charge is 0.322 e. The third kappa shape index (κ3) is 5.87. The Balaban J connectivity index is 1.85. The monoisotopic (exact) mass is 361 g/mol. The fourth-order valence-electron chi connectivity index (χ4n) is 2.44. The summed E-state index contributed by atoms with van der Waals surface area (Å²) in [6.07, 6.45) is -0.476.